The number of aromatic nitrogens is 2. The Balaban J connectivity index is 1.57. The van der Waals surface area contributed by atoms with E-state index in [2.05, 4.69) is 14.9 Å². The third-order valence-corrected chi connectivity index (χ3v) is 5.91. The third kappa shape index (κ3) is 4.20. The molecule has 0 radical (unpaired) electrons. The number of aryl methyl sites for hydroxylation is 1. The lowest BCUT2D eigenvalue weighted by molar-refractivity contribution is 0.0940. The molecular weight excluding hydrogens is 417 g/mol. The van der Waals surface area contributed by atoms with Gasteiger partial charge in [-0.05, 0) is 55.3 Å². The molecule has 0 fully saturated rings. The van der Waals surface area contributed by atoms with Gasteiger partial charge in [0.1, 0.15) is 5.82 Å². The predicted molar refractivity (Wildman–Crippen MR) is 122 cm³/mol. The molecule has 1 heterocycles. The summed E-state index contributed by atoms with van der Waals surface area (Å²) in [4.78, 5) is 17.4. The lowest BCUT2D eigenvalue weighted by Crippen LogP contribution is -2.26. The number of amides is 1. The van der Waals surface area contributed by atoms with Gasteiger partial charge in [0, 0.05) is 12.1 Å². The van der Waals surface area contributed by atoms with E-state index in [1.807, 2.05) is 74.5 Å². The number of hydrogen-bond donors (Lipinski definition) is 1. The quantitative estimate of drug-likeness (QED) is 0.404. The molecule has 1 aromatic heterocycles. The van der Waals surface area contributed by atoms with Crippen molar-refractivity contribution in [2.75, 3.05) is 0 Å². The van der Waals surface area contributed by atoms with Gasteiger partial charge in [-0.2, -0.15) is 0 Å². The van der Waals surface area contributed by atoms with Crippen molar-refractivity contribution in [1.82, 2.24) is 14.9 Å². The van der Waals surface area contributed by atoms with Crippen molar-refractivity contribution in [1.29, 1.82) is 0 Å². The highest BCUT2D eigenvalue weighted by molar-refractivity contribution is 6.42. The minimum absolute atomic E-state index is 0.0802. The highest BCUT2D eigenvalue weighted by Gasteiger charge is 2.15. The lowest BCUT2D eigenvalue weighted by atomic mass is 10.1. The van der Waals surface area contributed by atoms with Crippen LogP contribution >= 0.6 is 23.2 Å². The number of rotatable bonds is 5. The van der Waals surface area contributed by atoms with E-state index >= 15 is 0 Å². The molecule has 152 valence electrons. The zero-order chi connectivity index (χ0) is 21.3. The third-order valence-electron chi connectivity index (χ3n) is 5.17. The van der Waals surface area contributed by atoms with E-state index < -0.39 is 0 Å². The zero-order valence-corrected chi connectivity index (χ0v) is 18.2. The van der Waals surface area contributed by atoms with Crippen molar-refractivity contribution < 1.29 is 4.79 Å². The van der Waals surface area contributed by atoms with Crippen LogP contribution in [0.4, 0.5) is 0 Å². The molecule has 4 nitrogen and oxygen atoms in total. The number of benzene rings is 3. The second-order valence-electron chi connectivity index (χ2n) is 7.30. The van der Waals surface area contributed by atoms with E-state index in [-0.39, 0.29) is 11.9 Å². The molecule has 3 aromatic carbocycles. The monoisotopic (exact) mass is 437 g/mol. The van der Waals surface area contributed by atoms with Crippen molar-refractivity contribution in [2.45, 2.75) is 26.4 Å². The van der Waals surface area contributed by atoms with Crippen LogP contribution in [0.25, 0.3) is 11.0 Å². The van der Waals surface area contributed by atoms with Crippen LogP contribution in [0.1, 0.15) is 40.3 Å². The molecule has 4 aromatic rings. The van der Waals surface area contributed by atoms with Gasteiger partial charge >= 0.3 is 0 Å². The molecule has 0 bridgehead atoms. The second-order valence-corrected chi connectivity index (χ2v) is 8.12. The zero-order valence-electron chi connectivity index (χ0n) is 16.7. The van der Waals surface area contributed by atoms with Crippen molar-refractivity contribution >= 4 is 40.1 Å². The Hall–Kier alpha value is -2.82. The summed E-state index contributed by atoms with van der Waals surface area (Å²) in [5.74, 6) is 0.747. The smallest absolute Gasteiger partial charge is 0.251 e. The summed E-state index contributed by atoms with van der Waals surface area (Å²) in [6, 6.07) is 21.0. The topological polar surface area (TPSA) is 46.9 Å². The Morgan fingerprint density at radius 3 is 2.53 bits per heavy atom. The first-order valence-corrected chi connectivity index (χ1v) is 10.4. The van der Waals surface area contributed by atoms with Crippen LogP contribution in [0.15, 0.2) is 66.7 Å². The summed E-state index contributed by atoms with van der Waals surface area (Å²) in [6.45, 7) is 4.55. The fraction of sp³-hybridized carbons (Fsp3) is 0.167. The van der Waals surface area contributed by atoms with Gasteiger partial charge in [-0.15, -0.1) is 0 Å². The molecule has 0 spiro atoms. The molecule has 6 heteroatoms. The van der Waals surface area contributed by atoms with E-state index in [1.165, 1.54) is 0 Å². The van der Waals surface area contributed by atoms with E-state index in [0.29, 0.717) is 22.2 Å². The Kier molecular flexibility index (Phi) is 5.80. The molecule has 1 amide bonds. The maximum absolute atomic E-state index is 12.8. The standard InChI is InChI=1S/C24H21Cl2N3O/c1-15(18-6-4-3-5-7-18)27-24(30)19-9-11-23-22(13-19)28-16(2)29(23)14-17-8-10-20(25)21(26)12-17/h3-13,15H,14H2,1-2H3,(H,27,30)/t15-/m1/s1. The minimum atomic E-state index is -0.120. The van der Waals surface area contributed by atoms with Crippen LogP contribution in [0.5, 0.6) is 0 Å². The first kappa shape index (κ1) is 20.5. The number of nitrogens with zero attached hydrogens (tertiary/aromatic N) is 2. The average Bonchev–Trinajstić information content (AvgIpc) is 3.05. The Morgan fingerprint density at radius 2 is 1.80 bits per heavy atom. The molecule has 0 saturated heterocycles. The molecule has 0 saturated carbocycles. The Morgan fingerprint density at radius 1 is 1.03 bits per heavy atom. The maximum atomic E-state index is 12.8. The first-order valence-electron chi connectivity index (χ1n) is 9.69. The van der Waals surface area contributed by atoms with E-state index in [0.717, 1.165) is 28.0 Å². The van der Waals surface area contributed by atoms with Crippen LogP contribution in [-0.4, -0.2) is 15.5 Å². The Bertz CT molecular complexity index is 1220. The van der Waals surface area contributed by atoms with E-state index in [9.17, 15) is 4.79 Å². The number of halogens is 2. The number of carbonyl (C=O) groups is 1. The van der Waals surface area contributed by atoms with Gasteiger partial charge in [0.15, 0.2) is 0 Å². The molecule has 1 atom stereocenters. The van der Waals surface area contributed by atoms with Crippen molar-refractivity contribution in [3.63, 3.8) is 0 Å². The van der Waals surface area contributed by atoms with E-state index in [4.69, 9.17) is 23.2 Å². The molecule has 0 aliphatic heterocycles. The van der Waals surface area contributed by atoms with Gasteiger partial charge in [0.25, 0.3) is 5.91 Å². The molecule has 0 unspecified atom stereocenters. The second kappa shape index (κ2) is 8.50. The van der Waals surface area contributed by atoms with Crippen LogP contribution in [0, 0.1) is 6.92 Å². The summed E-state index contributed by atoms with van der Waals surface area (Å²) in [5, 5.41) is 4.11. The van der Waals surface area contributed by atoms with E-state index in [1.54, 1.807) is 6.07 Å². The normalized spacial score (nSPS) is 12.1. The van der Waals surface area contributed by atoms with Gasteiger partial charge < -0.3 is 9.88 Å². The van der Waals surface area contributed by atoms with Gasteiger partial charge in [-0.25, -0.2) is 4.98 Å². The van der Waals surface area contributed by atoms with Crippen LogP contribution in [0.3, 0.4) is 0 Å². The fourth-order valence-electron chi connectivity index (χ4n) is 3.52. The fourth-order valence-corrected chi connectivity index (χ4v) is 3.84. The molecular formula is C24H21Cl2N3O. The minimum Gasteiger partial charge on any atom is -0.346 e. The molecule has 30 heavy (non-hydrogen) atoms. The van der Waals surface area contributed by atoms with Crippen LogP contribution in [0.2, 0.25) is 10.0 Å². The maximum Gasteiger partial charge on any atom is 0.251 e. The van der Waals surface area contributed by atoms with Crippen molar-refractivity contribution in [2.24, 2.45) is 0 Å². The molecule has 1 N–H and O–H groups in total. The highest BCUT2D eigenvalue weighted by Crippen LogP contribution is 2.25. The SMILES string of the molecule is Cc1nc2cc(C(=O)N[C@H](C)c3ccccc3)ccc2n1Cc1ccc(Cl)c(Cl)c1. The number of imidazole rings is 1. The largest absolute Gasteiger partial charge is 0.346 e. The number of nitrogens with one attached hydrogen (secondary N) is 1. The number of fused-ring (bicyclic) bond motifs is 1. The van der Waals surface area contributed by atoms with Gasteiger partial charge in [-0.1, -0.05) is 59.6 Å². The van der Waals surface area contributed by atoms with Gasteiger partial charge in [0.05, 0.1) is 27.1 Å². The number of hydrogen-bond acceptors (Lipinski definition) is 2. The van der Waals surface area contributed by atoms with Crippen LogP contribution in [-0.2, 0) is 6.54 Å². The van der Waals surface area contributed by atoms with Gasteiger partial charge in [-0.3, -0.25) is 4.79 Å². The van der Waals surface area contributed by atoms with Crippen molar-refractivity contribution in [3.8, 4) is 0 Å². The summed E-state index contributed by atoms with van der Waals surface area (Å²) < 4.78 is 2.10. The molecule has 0 aliphatic rings. The average molecular weight is 438 g/mol. The summed E-state index contributed by atoms with van der Waals surface area (Å²) in [5.41, 5.74) is 4.43. The van der Waals surface area contributed by atoms with Crippen LogP contribution < -0.4 is 5.32 Å². The van der Waals surface area contributed by atoms with Crippen molar-refractivity contribution in [3.05, 3.63) is 99.3 Å². The predicted octanol–water partition coefficient (Wildman–Crippen LogP) is 6.19. The number of carbonyl (C=O) groups excluding carboxylic acids is 1. The first-order chi connectivity index (χ1) is 14.4. The Labute approximate surface area is 185 Å². The summed E-state index contributed by atoms with van der Waals surface area (Å²) >= 11 is 12.2. The summed E-state index contributed by atoms with van der Waals surface area (Å²) in [6.07, 6.45) is 0. The highest BCUT2D eigenvalue weighted by atomic mass is 35.5. The lowest BCUT2D eigenvalue weighted by Gasteiger charge is -2.14. The van der Waals surface area contributed by atoms with Gasteiger partial charge in [0.2, 0.25) is 0 Å². The summed E-state index contributed by atoms with van der Waals surface area (Å²) in [7, 11) is 0. The molecule has 4 rings (SSSR count). The molecule has 0 aliphatic carbocycles.